The number of imidazole rings is 1. The van der Waals surface area contributed by atoms with Crippen LogP contribution >= 0.6 is 0 Å². The quantitative estimate of drug-likeness (QED) is 0.429. The number of hydrogen-bond acceptors (Lipinski definition) is 5. The van der Waals surface area contributed by atoms with Gasteiger partial charge in [0.15, 0.2) is 11.4 Å². The fourth-order valence-corrected chi connectivity index (χ4v) is 1.12. The van der Waals surface area contributed by atoms with E-state index in [9.17, 15) is 14.4 Å². The molecule has 0 fully saturated rings. The molecule has 9 nitrogen and oxygen atoms in total. The molecule has 0 unspecified atom stereocenters. The van der Waals surface area contributed by atoms with Crippen molar-refractivity contribution < 1.29 is 24.2 Å². The highest BCUT2D eigenvalue weighted by atomic mass is 16.5. The number of aromatic amines is 1. The van der Waals surface area contributed by atoms with E-state index in [2.05, 4.69) is 15.3 Å². The number of carboxylic acid groups (broad SMARTS) is 1. The fourth-order valence-electron chi connectivity index (χ4n) is 1.12. The third-order valence-electron chi connectivity index (χ3n) is 1.84. The molecule has 0 radical (unpaired) electrons. The van der Waals surface area contributed by atoms with E-state index < -0.39 is 17.8 Å². The first-order chi connectivity index (χ1) is 8.52. The minimum atomic E-state index is -1.28. The highest BCUT2D eigenvalue weighted by Gasteiger charge is 2.18. The lowest BCUT2D eigenvalue weighted by molar-refractivity contribution is -0.122. The van der Waals surface area contributed by atoms with E-state index in [1.807, 2.05) is 0 Å². The summed E-state index contributed by atoms with van der Waals surface area (Å²) in [6.07, 6.45) is 1.11. The number of nitrogens with zero attached hydrogens (tertiary/aromatic N) is 1. The fraction of sp³-hybridized carbons (Fsp3) is 0.333. The average molecular weight is 256 g/mol. The number of carbonyl (C=O) groups excluding carboxylic acids is 2. The molecule has 1 aromatic rings. The summed E-state index contributed by atoms with van der Waals surface area (Å²) in [4.78, 5) is 38.5. The number of H-pyrrole nitrogens is 1. The highest BCUT2D eigenvalue weighted by Crippen LogP contribution is 2.01. The maximum absolute atomic E-state index is 11.5. The lowest BCUT2D eigenvalue weighted by Crippen LogP contribution is -2.30. The van der Waals surface area contributed by atoms with Gasteiger partial charge in [0.25, 0.3) is 5.91 Å². The smallest absolute Gasteiger partial charge is 0.354 e. The molecule has 0 saturated heterocycles. The van der Waals surface area contributed by atoms with E-state index >= 15 is 0 Å². The predicted octanol–water partition coefficient (Wildman–Crippen LogP) is -1.66. The number of carbonyl (C=O) groups is 3. The molecule has 98 valence electrons. The molecular formula is C9H12N4O5. The zero-order chi connectivity index (χ0) is 13.5. The van der Waals surface area contributed by atoms with E-state index in [0.717, 1.165) is 6.33 Å². The summed E-state index contributed by atoms with van der Waals surface area (Å²) in [5.41, 5.74) is 4.34. The van der Waals surface area contributed by atoms with Gasteiger partial charge in [0.2, 0.25) is 5.91 Å². The van der Waals surface area contributed by atoms with E-state index in [-0.39, 0.29) is 31.1 Å². The van der Waals surface area contributed by atoms with Gasteiger partial charge in [-0.05, 0) is 0 Å². The van der Waals surface area contributed by atoms with Crippen molar-refractivity contribution in [2.45, 2.75) is 0 Å². The van der Waals surface area contributed by atoms with Crippen molar-refractivity contribution in [2.75, 3.05) is 19.8 Å². The number of rotatable bonds is 7. The Morgan fingerprint density at radius 2 is 2.22 bits per heavy atom. The van der Waals surface area contributed by atoms with Gasteiger partial charge in [-0.25, -0.2) is 9.78 Å². The second-order valence-corrected chi connectivity index (χ2v) is 3.21. The van der Waals surface area contributed by atoms with Crippen LogP contribution in [0.5, 0.6) is 0 Å². The van der Waals surface area contributed by atoms with Gasteiger partial charge in [-0.3, -0.25) is 9.59 Å². The second kappa shape index (κ2) is 6.35. The standard InChI is InChI=1S/C9H12N4O5/c10-5(14)3-18-2-1-11-8(15)6-7(9(16)17)13-4-12-6/h4H,1-3H2,(H2,10,14)(H,11,15)(H,12,13)(H,16,17). The Hall–Kier alpha value is -2.42. The van der Waals surface area contributed by atoms with Crippen LogP contribution in [0.1, 0.15) is 21.0 Å². The molecule has 0 atom stereocenters. The minimum Gasteiger partial charge on any atom is -0.477 e. The summed E-state index contributed by atoms with van der Waals surface area (Å²) in [7, 11) is 0. The first-order valence-corrected chi connectivity index (χ1v) is 4.93. The summed E-state index contributed by atoms with van der Waals surface area (Å²) in [5.74, 6) is -2.53. The van der Waals surface area contributed by atoms with Crippen molar-refractivity contribution in [2.24, 2.45) is 5.73 Å². The van der Waals surface area contributed by atoms with Crippen LogP contribution in [-0.4, -0.2) is 52.6 Å². The predicted molar refractivity (Wildman–Crippen MR) is 57.9 cm³/mol. The zero-order valence-electron chi connectivity index (χ0n) is 9.30. The van der Waals surface area contributed by atoms with E-state index in [1.165, 1.54) is 0 Å². The molecule has 2 amide bonds. The molecular weight excluding hydrogens is 244 g/mol. The van der Waals surface area contributed by atoms with Gasteiger partial charge in [-0.2, -0.15) is 0 Å². The molecule has 18 heavy (non-hydrogen) atoms. The van der Waals surface area contributed by atoms with Crippen LogP contribution in [-0.2, 0) is 9.53 Å². The third-order valence-corrected chi connectivity index (χ3v) is 1.84. The minimum absolute atomic E-state index is 0.0848. The molecule has 1 heterocycles. The number of nitrogens with two attached hydrogens (primary N) is 1. The van der Waals surface area contributed by atoms with Gasteiger partial charge >= 0.3 is 5.97 Å². The van der Waals surface area contributed by atoms with Crippen molar-refractivity contribution in [1.82, 2.24) is 15.3 Å². The van der Waals surface area contributed by atoms with Crippen molar-refractivity contribution in [3.63, 3.8) is 0 Å². The number of amides is 2. The summed E-state index contributed by atoms with van der Waals surface area (Å²) < 4.78 is 4.81. The number of hydrogen-bond donors (Lipinski definition) is 4. The van der Waals surface area contributed by atoms with Crippen LogP contribution in [0.25, 0.3) is 0 Å². The largest absolute Gasteiger partial charge is 0.477 e. The Kier molecular flexibility index (Phi) is 4.81. The Labute approximate surface area is 101 Å². The molecule has 9 heteroatoms. The normalized spacial score (nSPS) is 10.0. The Morgan fingerprint density at radius 3 is 2.83 bits per heavy atom. The van der Waals surface area contributed by atoms with Gasteiger partial charge in [0.05, 0.1) is 12.9 Å². The summed E-state index contributed by atoms with van der Waals surface area (Å²) in [6, 6.07) is 0. The second-order valence-electron chi connectivity index (χ2n) is 3.21. The maximum atomic E-state index is 11.5. The lowest BCUT2D eigenvalue weighted by atomic mass is 10.3. The number of carboxylic acids is 1. The van der Waals surface area contributed by atoms with Crippen molar-refractivity contribution in [3.8, 4) is 0 Å². The van der Waals surface area contributed by atoms with Crippen LogP contribution < -0.4 is 11.1 Å². The topological polar surface area (TPSA) is 147 Å². The van der Waals surface area contributed by atoms with Crippen LogP contribution in [0.15, 0.2) is 6.33 Å². The number of primary amides is 1. The number of aromatic carboxylic acids is 1. The van der Waals surface area contributed by atoms with Crippen LogP contribution in [0.3, 0.4) is 0 Å². The molecule has 1 rings (SSSR count). The lowest BCUT2D eigenvalue weighted by Gasteiger charge is -2.04. The first kappa shape index (κ1) is 13.6. The molecule has 1 aromatic heterocycles. The van der Waals surface area contributed by atoms with Gasteiger partial charge in [0.1, 0.15) is 6.61 Å². The van der Waals surface area contributed by atoms with E-state index in [0.29, 0.717) is 0 Å². The summed E-state index contributed by atoms with van der Waals surface area (Å²) >= 11 is 0. The van der Waals surface area contributed by atoms with Gasteiger partial charge in [-0.15, -0.1) is 0 Å². The Balaban J connectivity index is 2.39. The molecule has 0 spiro atoms. The number of aromatic nitrogens is 2. The first-order valence-electron chi connectivity index (χ1n) is 4.93. The molecule has 0 aliphatic carbocycles. The SMILES string of the molecule is NC(=O)COCCNC(=O)c1nc[nH]c1C(=O)O. The Bertz CT molecular complexity index is 456. The average Bonchev–Trinajstić information content (AvgIpc) is 2.76. The molecule has 0 aromatic carbocycles. The Morgan fingerprint density at radius 1 is 1.50 bits per heavy atom. The summed E-state index contributed by atoms with van der Waals surface area (Å²) in [5, 5.41) is 11.1. The monoisotopic (exact) mass is 256 g/mol. The van der Waals surface area contributed by atoms with E-state index in [4.69, 9.17) is 15.6 Å². The highest BCUT2D eigenvalue weighted by molar-refractivity contribution is 6.02. The van der Waals surface area contributed by atoms with Crippen LogP contribution in [0, 0.1) is 0 Å². The number of nitrogens with one attached hydrogen (secondary N) is 2. The van der Waals surface area contributed by atoms with Crippen molar-refractivity contribution in [3.05, 3.63) is 17.7 Å². The number of ether oxygens (including phenoxy) is 1. The van der Waals surface area contributed by atoms with Gasteiger partial charge in [0, 0.05) is 6.54 Å². The van der Waals surface area contributed by atoms with Crippen molar-refractivity contribution >= 4 is 17.8 Å². The van der Waals surface area contributed by atoms with Crippen molar-refractivity contribution in [1.29, 1.82) is 0 Å². The zero-order valence-corrected chi connectivity index (χ0v) is 9.30. The molecule has 0 aliphatic rings. The molecule has 5 N–H and O–H groups in total. The van der Waals surface area contributed by atoms with E-state index in [1.54, 1.807) is 0 Å². The molecule has 0 aliphatic heterocycles. The molecule has 0 bridgehead atoms. The summed E-state index contributed by atoms with van der Waals surface area (Å²) in [6.45, 7) is -0.0435. The van der Waals surface area contributed by atoms with Gasteiger partial charge < -0.3 is 25.9 Å². The van der Waals surface area contributed by atoms with Crippen LogP contribution in [0.2, 0.25) is 0 Å². The van der Waals surface area contributed by atoms with Crippen LogP contribution in [0.4, 0.5) is 0 Å². The molecule has 0 saturated carbocycles. The third kappa shape index (κ3) is 3.87. The van der Waals surface area contributed by atoms with Gasteiger partial charge in [-0.1, -0.05) is 0 Å². The maximum Gasteiger partial charge on any atom is 0.354 e.